The van der Waals surface area contributed by atoms with E-state index in [0.717, 1.165) is 10.4 Å². The van der Waals surface area contributed by atoms with E-state index in [1.54, 1.807) is 30.3 Å². The van der Waals surface area contributed by atoms with Crippen LogP contribution in [0.5, 0.6) is 5.75 Å². The summed E-state index contributed by atoms with van der Waals surface area (Å²) in [5, 5.41) is 9.04. The van der Waals surface area contributed by atoms with Crippen LogP contribution in [0.3, 0.4) is 0 Å². The molecular formula is C15H15NO5S. The second-order valence-electron chi connectivity index (χ2n) is 4.48. The van der Waals surface area contributed by atoms with Crippen molar-refractivity contribution in [3.63, 3.8) is 0 Å². The van der Waals surface area contributed by atoms with Crippen molar-refractivity contribution >= 4 is 21.7 Å². The maximum absolute atomic E-state index is 12.7. The molecule has 0 bridgehead atoms. The number of methoxy groups -OCH3 is 1. The normalized spacial score (nSPS) is 11.0. The van der Waals surface area contributed by atoms with E-state index < -0.39 is 16.0 Å². The summed E-state index contributed by atoms with van der Waals surface area (Å²) in [7, 11) is -1.21. The van der Waals surface area contributed by atoms with Crippen LogP contribution in [-0.2, 0) is 10.0 Å². The Kier molecular flexibility index (Phi) is 4.37. The minimum absolute atomic E-state index is 0.0905. The third-order valence-corrected chi connectivity index (χ3v) is 4.98. The number of ether oxygens (including phenoxy) is 1. The van der Waals surface area contributed by atoms with Gasteiger partial charge in [0.25, 0.3) is 10.0 Å². The number of hydrogen-bond acceptors (Lipinski definition) is 4. The van der Waals surface area contributed by atoms with E-state index in [9.17, 15) is 13.2 Å². The number of sulfonamides is 1. The van der Waals surface area contributed by atoms with Gasteiger partial charge in [-0.15, -0.1) is 0 Å². The Morgan fingerprint density at radius 1 is 1.14 bits per heavy atom. The predicted molar refractivity (Wildman–Crippen MR) is 82.0 cm³/mol. The van der Waals surface area contributed by atoms with Gasteiger partial charge in [-0.25, -0.2) is 13.2 Å². The van der Waals surface area contributed by atoms with Crippen LogP contribution in [0.25, 0.3) is 0 Å². The molecule has 0 aliphatic heterocycles. The van der Waals surface area contributed by atoms with Crippen molar-refractivity contribution in [1.82, 2.24) is 0 Å². The van der Waals surface area contributed by atoms with Crippen molar-refractivity contribution in [3.8, 4) is 5.75 Å². The summed E-state index contributed by atoms with van der Waals surface area (Å²) in [5.74, 6) is -1.12. The SMILES string of the molecule is COc1ccc(C(=O)O)cc1S(=O)(=O)N(C)c1ccccc1. The second-order valence-corrected chi connectivity index (χ2v) is 6.42. The molecule has 0 saturated carbocycles. The van der Waals surface area contributed by atoms with Crippen LogP contribution in [0.15, 0.2) is 53.4 Å². The lowest BCUT2D eigenvalue weighted by molar-refractivity contribution is 0.0696. The number of aromatic carboxylic acids is 1. The van der Waals surface area contributed by atoms with Gasteiger partial charge >= 0.3 is 5.97 Å². The van der Waals surface area contributed by atoms with Crippen LogP contribution >= 0.6 is 0 Å². The minimum Gasteiger partial charge on any atom is -0.495 e. The van der Waals surface area contributed by atoms with Crippen LogP contribution in [0.1, 0.15) is 10.4 Å². The molecule has 0 atom stereocenters. The molecule has 0 heterocycles. The number of carboxylic acid groups (broad SMARTS) is 1. The Hall–Kier alpha value is -2.54. The zero-order chi connectivity index (χ0) is 16.3. The molecule has 0 aliphatic rings. The van der Waals surface area contributed by atoms with Gasteiger partial charge in [-0.1, -0.05) is 18.2 Å². The van der Waals surface area contributed by atoms with Crippen LogP contribution in [0.4, 0.5) is 5.69 Å². The molecule has 0 unspecified atom stereocenters. The molecule has 116 valence electrons. The summed E-state index contributed by atoms with van der Waals surface area (Å²) in [6, 6.07) is 12.2. The number of para-hydroxylation sites is 1. The van der Waals surface area contributed by atoms with Gasteiger partial charge in [0.1, 0.15) is 10.6 Å². The summed E-state index contributed by atoms with van der Waals surface area (Å²) < 4.78 is 31.6. The number of hydrogen-bond donors (Lipinski definition) is 1. The molecular weight excluding hydrogens is 306 g/mol. The first-order valence-corrected chi connectivity index (χ1v) is 7.77. The molecule has 0 radical (unpaired) electrons. The van der Waals surface area contributed by atoms with Crippen molar-refractivity contribution in [1.29, 1.82) is 0 Å². The zero-order valence-electron chi connectivity index (χ0n) is 12.1. The van der Waals surface area contributed by atoms with Crippen molar-refractivity contribution in [2.24, 2.45) is 0 Å². The summed E-state index contributed by atoms with van der Waals surface area (Å²) in [6.45, 7) is 0. The van der Waals surface area contributed by atoms with E-state index in [-0.39, 0.29) is 16.2 Å². The fraction of sp³-hybridized carbons (Fsp3) is 0.133. The lowest BCUT2D eigenvalue weighted by Gasteiger charge is -2.21. The van der Waals surface area contributed by atoms with Gasteiger partial charge in [0.2, 0.25) is 0 Å². The molecule has 0 spiro atoms. The average Bonchev–Trinajstić information content (AvgIpc) is 2.54. The largest absolute Gasteiger partial charge is 0.495 e. The Balaban J connectivity index is 2.57. The summed E-state index contributed by atoms with van der Waals surface area (Å²) in [5.41, 5.74) is 0.339. The molecule has 0 aromatic heterocycles. The third kappa shape index (κ3) is 2.89. The van der Waals surface area contributed by atoms with E-state index in [4.69, 9.17) is 9.84 Å². The highest BCUT2D eigenvalue weighted by Gasteiger charge is 2.26. The summed E-state index contributed by atoms with van der Waals surface area (Å²) in [4.78, 5) is 10.9. The first kappa shape index (κ1) is 15.8. The van der Waals surface area contributed by atoms with Crippen LogP contribution in [0, 0.1) is 0 Å². The van der Waals surface area contributed by atoms with Gasteiger partial charge in [0.15, 0.2) is 0 Å². The fourth-order valence-electron chi connectivity index (χ4n) is 1.94. The predicted octanol–water partition coefficient (Wildman–Crippen LogP) is 2.22. The molecule has 0 fully saturated rings. The van der Waals surface area contributed by atoms with Gasteiger partial charge in [-0.3, -0.25) is 4.31 Å². The Labute approximate surface area is 128 Å². The smallest absolute Gasteiger partial charge is 0.335 e. The van der Waals surface area contributed by atoms with Crippen LogP contribution in [-0.4, -0.2) is 33.7 Å². The molecule has 0 amide bonds. The van der Waals surface area contributed by atoms with Gasteiger partial charge in [-0.05, 0) is 30.3 Å². The topological polar surface area (TPSA) is 83.9 Å². The zero-order valence-corrected chi connectivity index (χ0v) is 12.9. The first-order valence-electron chi connectivity index (χ1n) is 6.33. The van der Waals surface area contributed by atoms with E-state index in [0.29, 0.717) is 5.69 Å². The standard InChI is InChI=1S/C15H15NO5S/c1-16(12-6-4-3-5-7-12)22(19,20)14-10-11(15(17)18)8-9-13(14)21-2/h3-10H,1-2H3,(H,17,18). The van der Waals surface area contributed by atoms with Crippen LogP contribution in [0.2, 0.25) is 0 Å². The monoisotopic (exact) mass is 321 g/mol. The summed E-state index contributed by atoms with van der Waals surface area (Å²) in [6.07, 6.45) is 0. The lowest BCUT2D eigenvalue weighted by atomic mass is 10.2. The van der Waals surface area contributed by atoms with Crippen molar-refractivity contribution in [2.75, 3.05) is 18.5 Å². The number of nitrogens with zero attached hydrogens (tertiary/aromatic N) is 1. The van der Waals surface area contributed by atoms with Gasteiger partial charge in [0, 0.05) is 7.05 Å². The highest BCUT2D eigenvalue weighted by molar-refractivity contribution is 7.92. The number of rotatable bonds is 5. The van der Waals surface area contributed by atoms with Gasteiger partial charge < -0.3 is 9.84 Å². The number of anilines is 1. The van der Waals surface area contributed by atoms with Crippen molar-refractivity contribution in [3.05, 3.63) is 54.1 Å². The molecule has 0 aliphatic carbocycles. The Morgan fingerprint density at radius 3 is 2.32 bits per heavy atom. The highest BCUT2D eigenvalue weighted by Crippen LogP contribution is 2.29. The van der Waals surface area contributed by atoms with Crippen molar-refractivity contribution < 1.29 is 23.1 Å². The Morgan fingerprint density at radius 2 is 1.77 bits per heavy atom. The van der Waals surface area contributed by atoms with Crippen molar-refractivity contribution in [2.45, 2.75) is 4.90 Å². The molecule has 2 rings (SSSR count). The molecule has 0 saturated heterocycles. The van der Waals surface area contributed by atoms with E-state index >= 15 is 0 Å². The van der Waals surface area contributed by atoms with E-state index in [1.165, 1.54) is 26.3 Å². The minimum atomic E-state index is -3.95. The lowest BCUT2D eigenvalue weighted by Crippen LogP contribution is -2.27. The van der Waals surface area contributed by atoms with Gasteiger partial charge in [-0.2, -0.15) is 0 Å². The van der Waals surface area contributed by atoms with Crippen LogP contribution < -0.4 is 9.04 Å². The fourth-order valence-corrected chi connectivity index (χ4v) is 3.31. The molecule has 2 aromatic rings. The maximum Gasteiger partial charge on any atom is 0.335 e. The average molecular weight is 321 g/mol. The molecule has 7 heteroatoms. The third-order valence-electron chi connectivity index (χ3n) is 3.17. The van der Waals surface area contributed by atoms with Gasteiger partial charge in [0.05, 0.1) is 18.4 Å². The highest BCUT2D eigenvalue weighted by atomic mass is 32.2. The molecule has 22 heavy (non-hydrogen) atoms. The molecule has 2 aromatic carbocycles. The first-order chi connectivity index (χ1) is 10.4. The Bertz CT molecular complexity index is 787. The summed E-state index contributed by atoms with van der Waals surface area (Å²) >= 11 is 0. The number of carbonyl (C=O) groups is 1. The molecule has 1 N–H and O–H groups in total. The number of carboxylic acids is 1. The maximum atomic E-state index is 12.7. The second kappa shape index (κ2) is 6.07. The quantitative estimate of drug-likeness (QED) is 0.913. The van der Waals surface area contributed by atoms with E-state index in [1.807, 2.05) is 0 Å². The molecule has 6 nitrogen and oxygen atoms in total. The van der Waals surface area contributed by atoms with E-state index in [2.05, 4.69) is 0 Å². The number of benzene rings is 2.